The second-order valence-corrected chi connectivity index (χ2v) is 13.4. The van der Waals surface area contributed by atoms with E-state index >= 15 is 0 Å². The zero-order valence-corrected chi connectivity index (χ0v) is 18.7. The molecule has 1 aliphatic heterocycles. The Morgan fingerprint density at radius 3 is 2.36 bits per heavy atom. The molecule has 1 heterocycles. The van der Waals surface area contributed by atoms with Gasteiger partial charge in [-0.1, -0.05) is 40.3 Å². The highest BCUT2D eigenvalue weighted by molar-refractivity contribution is 6.74. The van der Waals surface area contributed by atoms with Gasteiger partial charge in [-0.05, 0) is 25.1 Å². The summed E-state index contributed by atoms with van der Waals surface area (Å²) < 4.78 is 11.1. The van der Waals surface area contributed by atoms with Crippen molar-refractivity contribution in [3.8, 4) is 0 Å². The maximum Gasteiger partial charge on any atom is 0.441 e. The highest BCUT2D eigenvalue weighted by atomic mass is 28.4. The molecule has 0 saturated carbocycles. The summed E-state index contributed by atoms with van der Waals surface area (Å²) in [7, 11) is -2.11. The molecule has 0 aromatic rings. The zero-order valence-electron chi connectivity index (χ0n) is 17.7. The van der Waals surface area contributed by atoms with E-state index in [9.17, 15) is 14.4 Å². The predicted molar refractivity (Wildman–Crippen MR) is 107 cm³/mol. The van der Waals surface area contributed by atoms with Crippen LogP contribution in [0.5, 0.6) is 0 Å². The maximum atomic E-state index is 12.6. The van der Waals surface area contributed by atoms with E-state index in [1.54, 1.807) is 6.92 Å². The summed E-state index contributed by atoms with van der Waals surface area (Å²) in [4.78, 5) is 39.5. The summed E-state index contributed by atoms with van der Waals surface area (Å²) in [6.45, 7) is 17.2. The molecule has 0 bridgehead atoms. The molecule has 0 spiro atoms. The van der Waals surface area contributed by atoms with E-state index in [-0.39, 0.29) is 17.6 Å². The third-order valence-corrected chi connectivity index (χ3v) is 10.2. The number of hydrogen-bond acceptors (Lipinski definition) is 5. The second-order valence-electron chi connectivity index (χ2n) is 8.63. The van der Waals surface area contributed by atoms with Gasteiger partial charge in [-0.15, -0.1) is 0 Å². The van der Waals surface area contributed by atoms with Gasteiger partial charge >= 0.3 is 11.7 Å². The van der Waals surface area contributed by atoms with Crippen LogP contribution in [-0.2, 0) is 23.5 Å². The molecule has 0 aromatic heterocycles. The largest absolute Gasteiger partial charge is 0.453 e. The third kappa shape index (κ3) is 5.04. The summed E-state index contributed by atoms with van der Waals surface area (Å²) in [5, 5.41) is 2.69. The average Bonchev–Trinajstić information content (AvgIpc) is 2.55. The number of carbonyl (C=O) groups is 3. The van der Waals surface area contributed by atoms with Crippen LogP contribution in [0, 0.1) is 11.8 Å². The number of amides is 1. The van der Waals surface area contributed by atoms with Crippen molar-refractivity contribution in [2.24, 2.45) is 11.8 Å². The first-order valence-electron chi connectivity index (χ1n) is 9.31. The van der Waals surface area contributed by atoms with Gasteiger partial charge in [-0.2, -0.15) is 4.79 Å². The van der Waals surface area contributed by atoms with Crippen molar-refractivity contribution in [2.75, 3.05) is 6.61 Å². The first-order chi connectivity index (χ1) is 12.8. The van der Waals surface area contributed by atoms with Gasteiger partial charge in [0, 0.05) is 5.92 Å². The fraction of sp³-hybridized carbons (Fsp3) is 0.684. The van der Waals surface area contributed by atoms with E-state index < -0.39 is 49.8 Å². The Balaban J connectivity index is 2.93. The number of β-lactam (4-membered cyclic amide) rings is 1. The first kappa shape index (κ1) is 23.9. The third-order valence-electron chi connectivity index (χ3n) is 5.60. The predicted octanol–water partition coefficient (Wildman–Crippen LogP) is 2.12. The highest BCUT2D eigenvalue weighted by Gasteiger charge is 2.52. The first-order valence-corrected chi connectivity index (χ1v) is 12.2. The molecule has 4 atom stereocenters. The molecule has 0 radical (unpaired) electrons. The fourth-order valence-electron chi connectivity index (χ4n) is 2.85. The molecule has 1 fully saturated rings. The Kier molecular flexibility index (Phi) is 7.64. The summed E-state index contributed by atoms with van der Waals surface area (Å²) in [5.74, 6) is -3.25. The Morgan fingerprint density at radius 2 is 1.93 bits per heavy atom. The van der Waals surface area contributed by atoms with Gasteiger partial charge in [-0.3, -0.25) is 9.59 Å². The standard InChI is InChI=1S/C19H31N3O5Si/c1-9-10-26-18(25)15(22-20)16(23)11(2)14-13(17(24)21-14)12(3)27-28(7,8)19(4,5)6/h9,11-14H,1,10H2,2-8H3,(H,21,24)/t11-,12-,13-,14-/m1/s1. The summed E-state index contributed by atoms with van der Waals surface area (Å²) in [6.07, 6.45) is 0.945. The molecule has 9 heteroatoms. The number of ketones is 1. The summed E-state index contributed by atoms with van der Waals surface area (Å²) >= 11 is 0. The lowest BCUT2D eigenvalue weighted by atomic mass is 9.76. The molecule has 1 saturated heterocycles. The van der Waals surface area contributed by atoms with E-state index in [2.05, 4.69) is 50.6 Å². The molecule has 1 aliphatic rings. The molecule has 0 aromatic carbocycles. The van der Waals surface area contributed by atoms with Gasteiger partial charge in [-0.25, -0.2) is 4.79 Å². The van der Waals surface area contributed by atoms with Crippen molar-refractivity contribution in [1.29, 1.82) is 0 Å². The molecule has 1 amide bonds. The number of ether oxygens (including phenoxy) is 1. The lowest BCUT2D eigenvalue weighted by molar-refractivity contribution is -0.145. The normalized spacial score (nSPS) is 21.5. The number of carbonyl (C=O) groups excluding carboxylic acids is 3. The quantitative estimate of drug-likeness (QED) is 0.0914. The number of nitrogens with zero attached hydrogens (tertiary/aromatic N) is 2. The zero-order chi connectivity index (χ0) is 21.9. The van der Waals surface area contributed by atoms with E-state index in [1.807, 2.05) is 6.92 Å². The van der Waals surface area contributed by atoms with E-state index in [1.165, 1.54) is 6.08 Å². The Hall–Kier alpha value is -2.09. The van der Waals surface area contributed by atoms with Crippen LogP contribution < -0.4 is 5.32 Å². The lowest BCUT2D eigenvalue weighted by Gasteiger charge is -2.46. The number of rotatable bonds is 9. The van der Waals surface area contributed by atoms with Crippen molar-refractivity contribution in [1.82, 2.24) is 5.32 Å². The van der Waals surface area contributed by atoms with Crippen LogP contribution in [0.4, 0.5) is 0 Å². The van der Waals surface area contributed by atoms with Gasteiger partial charge < -0.3 is 20.0 Å². The molecule has 1 N–H and O–H groups in total. The molecule has 0 aliphatic carbocycles. The van der Waals surface area contributed by atoms with Crippen LogP contribution in [0.15, 0.2) is 12.7 Å². The molecule has 1 rings (SSSR count). The highest BCUT2D eigenvalue weighted by Crippen LogP contribution is 2.39. The van der Waals surface area contributed by atoms with Crippen LogP contribution >= 0.6 is 0 Å². The molecule has 156 valence electrons. The SMILES string of the molecule is C=CCOC(=O)C(=[N+]=[N-])C(=O)[C@H](C)[C@H]1NC(=O)[C@@H]1[C@@H](C)O[Si](C)(C)C(C)(C)C. The molecule has 28 heavy (non-hydrogen) atoms. The van der Waals surface area contributed by atoms with Crippen molar-refractivity contribution in [2.45, 2.75) is 64.9 Å². The lowest BCUT2D eigenvalue weighted by Crippen LogP contribution is -2.67. The van der Waals surface area contributed by atoms with E-state index in [0.717, 1.165) is 0 Å². The molecule has 0 unspecified atom stereocenters. The summed E-state index contributed by atoms with van der Waals surface area (Å²) in [5.41, 5.74) is 8.39. The van der Waals surface area contributed by atoms with Crippen molar-refractivity contribution < 1.29 is 28.3 Å². The second kappa shape index (κ2) is 8.94. The average molecular weight is 410 g/mol. The van der Waals surface area contributed by atoms with Gasteiger partial charge in [0.25, 0.3) is 5.78 Å². The van der Waals surface area contributed by atoms with Crippen molar-refractivity contribution in [3.05, 3.63) is 18.2 Å². The van der Waals surface area contributed by atoms with Crippen LogP contribution in [0.1, 0.15) is 34.6 Å². The van der Waals surface area contributed by atoms with Crippen LogP contribution in [0.3, 0.4) is 0 Å². The Labute approximate surface area is 167 Å². The summed E-state index contributed by atoms with van der Waals surface area (Å²) in [6, 6.07) is -0.524. The van der Waals surface area contributed by atoms with Crippen LogP contribution in [-0.4, -0.2) is 55.2 Å². The Bertz CT molecular complexity index is 707. The fourth-order valence-corrected chi connectivity index (χ4v) is 4.28. The van der Waals surface area contributed by atoms with Gasteiger partial charge in [0.05, 0.1) is 18.1 Å². The minimum Gasteiger partial charge on any atom is -0.453 e. The van der Waals surface area contributed by atoms with Gasteiger partial charge in [0.2, 0.25) is 5.91 Å². The minimum atomic E-state index is -2.11. The van der Waals surface area contributed by atoms with Crippen LogP contribution in [0.2, 0.25) is 18.1 Å². The van der Waals surface area contributed by atoms with Crippen LogP contribution in [0.25, 0.3) is 5.53 Å². The van der Waals surface area contributed by atoms with E-state index in [4.69, 9.17) is 14.7 Å². The number of esters is 1. The smallest absolute Gasteiger partial charge is 0.441 e. The van der Waals surface area contributed by atoms with E-state index in [0.29, 0.717) is 0 Å². The topological polar surface area (TPSA) is 118 Å². The maximum absolute atomic E-state index is 12.6. The van der Waals surface area contributed by atoms with Gasteiger partial charge in [0.1, 0.15) is 6.61 Å². The number of nitrogens with one attached hydrogen (secondary N) is 1. The molecular formula is C19H31N3O5Si. The monoisotopic (exact) mass is 409 g/mol. The Morgan fingerprint density at radius 1 is 1.36 bits per heavy atom. The number of Topliss-reactive ketones (excluding diaryl/α,β-unsaturated/α-hetero) is 1. The minimum absolute atomic E-state index is 0.0238. The van der Waals surface area contributed by atoms with Crippen molar-refractivity contribution in [3.63, 3.8) is 0 Å². The molecular weight excluding hydrogens is 378 g/mol. The number of hydrogen-bond donors (Lipinski definition) is 1. The van der Waals surface area contributed by atoms with Gasteiger partial charge in [0.15, 0.2) is 8.32 Å². The molecule has 8 nitrogen and oxygen atoms in total. The van der Waals surface area contributed by atoms with Crippen molar-refractivity contribution >= 4 is 31.7 Å².